The molecule has 0 amide bonds. The maximum atomic E-state index is 6.40. The number of morpholine rings is 1. The van der Waals surface area contributed by atoms with Crippen molar-refractivity contribution in [2.24, 2.45) is 0 Å². The molecule has 2 unspecified atom stereocenters. The maximum absolute atomic E-state index is 6.40. The summed E-state index contributed by atoms with van der Waals surface area (Å²) in [5, 5.41) is 3.95. The molecule has 0 bridgehead atoms. The minimum Gasteiger partial charge on any atom is -0.417 e. The second-order valence-electron chi connectivity index (χ2n) is 7.98. The molecule has 4 heteroatoms. The second kappa shape index (κ2) is 7.26. The summed E-state index contributed by atoms with van der Waals surface area (Å²) in [6, 6.07) is 10.8. The Morgan fingerprint density at radius 1 is 1.18 bits per heavy atom. The largest absolute Gasteiger partial charge is 0.417 e. The van der Waals surface area contributed by atoms with Gasteiger partial charge in [0.15, 0.2) is 9.76 Å². The Bertz CT molecular complexity index is 456. The van der Waals surface area contributed by atoms with Gasteiger partial charge in [-0.05, 0) is 24.4 Å². The van der Waals surface area contributed by atoms with Gasteiger partial charge in [-0.1, -0.05) is 51.1 Å². The molecule has 0 radical (unpaired) electrons. The van der Waals surface area contributed by atoms with Gasteiger partial charge in [0.2, 0.25) is 0 Å². The number of hydrogen-bond acceptors (Lipinski definition) is 3. The predicted molar refractivity (Wildman–Crippen MR) is 95.1 cm³/mol. The normalized spacial score (nSPS) is 24.0. The number of rotatable bonds is 5. The Balaban J connectivity index is 2.05. The van der Waals surface area contributed by atoms with Crippen LogP contribution in [0.15, 0.2) is 30.3 Å². The van der Waals surface area contributed by atoms with Crippen molar-refractivity contribution in [3.8, 4) is 0 Å². The molecule has 22 heavy (non-hydrogen) atoms. The van der Waals surface area contributed by atoms with E-state index in [0.29, 0.717) is 5.04 Å². The second-order valence-corrected chi connectivity index (χ2v) is 10.7. The predicted octanol–water partition coefficient (Wildman–Crippen LogP) is 2.68. The van der Waals surface area contributed by atoms with E-state index in [1.165, 1.54) is 5.56 Å². The lowest BCUT2D eigenvalue weighted by atomic mass is 9.89. The van der Waals surface area contributed by atoms with Crippen LogP contribution in [-0.2, 0) is 15.6 Å². The molecular weight excluding hydrogens is 290 g/mol. The van der Waals surface area contributed by atoms with Crippen LogP contribution in [0.3, 0.4) is 0 Å². The summed E-state index contributed by atoms with van der Waals surface area (Å²) < 4.78 is 12.5. The number of nitrogens with one attached hydrogen (secondary N) is 1. The van der Waals surface area contributed by atoms with Crippen molar-refractivity contribution < 1.29 is 9.16 Å². The molecule has 3 nitrogen and oxygen atoms in total. The minimum absolute atomic E-state index is 0.167. The van der Waals surface area contributed by atoms with Crippen molar-refractivity contribution in [2.75, 3.05) is 13.2 Å². The molecule has 2 rings (SSSR count). The van der Waals surface area contributed by atoms with Crippen LogP contribution >= 0.6 is 0 Å². The highest BCUT2D eigenvalue weighted by Crippen LogP contribution is 2.28. The standard InChI is InChI=1S/C18H31NO2Si/c1-17(2,3)22-21-18(4,5)16-15(20-12-11-19-16)13-14-9-7-6-8-10-14/h6-10,15-16,19H,11-13,22H2,1-5H3. The first-order chi connectivity index (χ1) is 10.3. The highest BCUT2D eigenvalue weighted by molar-refractivity contribution is 6.31. The van der Waals surface area contributed by atoms with Gasteiger partial charge in [0.1, 0.15) is 0 Å². The van der Waals surface area contributed by atoms with E-state index < -0.39 is 9.76 Å². The summed E-state index contributed by atoms with van der Waals surface area (Å²) in [7, 11) is -0.588. The molecule has 1 aliphatic rings. The van der Waals surface area contributed by atoms with E-state index in [2.05, 4.69) is 70.3 Å². The summed E-state index contributed by atoms with van der Waals surface area (Å²) in [6.45, 7) is 12.9. The lowest BCUT2D eigenvalue weighted by molar-refractivity contribution is -0.0672. The molecule has 1 fully saturated rings. The van der Waals surface area contributed by atoms with Gasteiger partial charge in [-0.2, -0.15) is 0 Å². The van der Waals surface area contributed by atoms with E-state index in [0.717, 1.165) is 19.6 Å². The minimum atomic E-state index is -0.588. The first-order valence-electron chi connectivity index (χ1n) is 8.31. The van der Waals surface area contributed by atoms with Gasteiger partial charge in [0, 0.05) is 13.0 Å². The Hall–Kier alpha value is -0.683. The molecule has 1 aliphatic heterocycles. The third-order valence-corrected chi connectivity index (χ3v) is 5.83. The van der Waals surface area contributed by atoms with E-state index in [1.54, 1.807) is 0 Å². The van der Waals surface area contributed by atoms with E-state index >= 15 is 0 Å². The van der Waals surface area contributed by atoms with Crippen LogP contribution in [0.2, 0.25) is 5.04 Å². The van der Waals surface area contributed by atoms with Gasteiger partial charge in [0.05, 0.1) is 24.4 Å². The molecule has 124 valence electrons. The van der Waals surface area contributed by atoms with Crippen molar-refractivity contribution in [2.45, 2.75) is 63.8 Å². The van der Waals surface area contributed by atoms with Crippen LogP contribution in [0.4, 0.5) is 0 Å². The van der Waals surface area contributed by atoms with E-state index in [9.17, 15) is 0 Å². The van der Waals surface area contributed by atoms with Crippen LogP contribution in [0.5, 0.6) is 0 Å². The summed E-state index contributed by atoms with van der Waals surface area (Å²) in [5.74, 6) is 0. The zero-order chi connectivity index (χ0) is 16.2. The van der Waals surface area contributed by atoms with Gasteiger partial charge in [0.25, 0.3) is 0 Å². The average molecular weight is 322 g/mol. The number of hydrogen-bond donors (Lipinski definition) is 1. The molecule has 2 atom stereocenters. The molecule has 0 saturated carbocycles. The SMILES string of the molecule is CC(C)(C)[SiH2]OC(C)(C)C1NCCOC1Cc1ccccc1. The van der Waals surface area contributed by atoms with Gasteiger partial charge < -0.3 is 14.5 Å². The van der Waals surface area contributed by atoms with Gasteiger partial charge in [-0.25, -0.2) is 0 Å². The summed E-state index contributed by atoms with van der Waals surface area (Å²) >= 11 is 0. The molecule has 1 aromatic rings. The molecule has 1 N–H and O–H groups in total. The molecule has 1 aromatic carbocycles. The fourth-order valence-electron chi connectivity index (χ4n) is 2.86. The third kappa shape index (κ3) is 5.20. The highest BCUT2D eigenvalue weighted by atomic mass is 28.2. The fourth-order valence-corrected chi connectivity index (χ4v) is 3.85. The quantitative estimate of drug-likeness (QED) is 0.846. The van der Waals surface area contributed by atoms with Gasteiger partial charge in [-0.15, -0.1) is 0 Å². The van der Waals surface area contributed by atoms with Crippen molar-refractivity contribution in [3.63, 3.8) is 0 Å². The maximum Gasteiger partial charge on any atom is 0.167 e. The zero-order valence-corrected chi connectivity index (χ0v) is 16.1. The van der Waals surface area contributed by atoms with E-state index in [-0.39, 0.29) is 17.7 Å². The van der Waals surface area contributed by atoms with Crippen LogP contribution in [0, 0.1) is 0 Å². The number of benzene rings is 1. The topological polar surface area (TPSA) is 30.5 Å². The average Bonchev–Trinajstić information content (AvgIpc) is 2.46. The summed E-state index contributed by atoms with van der Waals surface area (Å²) in [6.07, 6.45) is 1.10. The lowest BCUT2D eigenvalue weighted by Crippen LogP contribution is -2.61. The van der Waals surface area contributed by atoms with Crippen LogP contribution in [-0.4, -0.2) is 40.7 Å². The van der Waals surface area contributed by atoms with Gasteiger partial charge in [-0.3, -0.25) is 0 Å². The molecule has 0 spiro atoms. The summed E-state index contributed by atoms with van der Waals surface area (Å²) in [5.41, 5.74) is 1.13. The van der Waals surface area contributed by atoms with E-state index in [1.807, 2.05) is 0 Å². The highest BCUT2D eigenvalue weighted by Gasteiger charge is 2.39. The Kier molecular flexibility index (Phi) is 5.83. The first kappa shape index (κ1) is 17.7. The Morgan fingerprint density at radius 2 is 1.86 bits per heavy atom. The first-order valence-corrected chi connectivity index (χ1v) is 9.59. The van der Waals surface area contributed by atoms with Gasteiger partial charge >= 0.3 is 0 Å². The summed E-state index contributed by atoms with van der Waals surface area (Å²) in [4.78, 5) is 0. The van der Waals surface area contributed by atoms with Crippen LogP contribution < -0.4 is 5.32 Å². The molecule has 0 aromatic heterocycles. The Labute approximate surface area is 137 Å². The van der Waals surface area contributed by atoms with E-state index in [4.69, 9.17) is 9.16 Å². The molecule has 0 aliphatic carbocycles. The fraction of sp³-hybridized carbons (Fsp3) is 0.667. The van der Waals surface area contributed by atoms with Crippen molar-refractivity contribution in [3.05, 3.63) is 35.9 Å². The van der Waals surface area contributed by atoms with Crippen molar-refractivity contribution in [1.82, 2.24) is 5.32 Å². The zero-order valence-electron chi connectivity index (χ0n) is 14.7. The van der Waals surface area contributed by atoms with Crippen LogP contribution in [0.1, 0.15) is 40.2 Å². The van der Waals surface area contributed by atoms with Crippen molar-refractivity contribution >= 4 is 9.76 Å². The molecule has 1 saturated heterocycles. The molecular formula is C18H31NO2Si. The Morgan fingerprint density at radius 3 is 2.50 bits per heavy atom. The smallest absolute Gasteiger partial charge is 0.167 e. The molecule has 1 heterocycles. The number of ether oxygens (including phenoxy) is 1. The van der Waals surface area contributed by atoms with Crippen LogP contribution in [0.25, 0.3) is 0 Å². The van der Waals surface area contributed by atoms with Crippen molar-refractivity contribution in [1.29, 1.82) is 0 Å². The lowest BCUT2D eigenvalue weighted by Gasteiger charge is -2.44. The monoisotopic (exact) mass is 321 g/mol. The third-order valence-electron chi connectivity index (χ3n) is 4.08.